The van der Waals surface area contributed by atoms with E-state index in [0.29, 0.717) is 0 Å². The van der Waals surface area contributed by atoms with E-state index in [0.717, 1.165) is 37.3 Å². The fourth-order valence-corrected chi connectivity index (χ4v) is 2.14. The molecule has 1 aliphatic heterocycles. The molecular weight excluding hydrogens is 222 g/mol. The lowest BCUT2D eigenvalue weighted by Crippen LogP contribution is -2.47. The van der Waals surface area contributed by atoms with E-state index in [2.05, 4.69) is 38.7 Å². The van der Waals surface area contributed by atoms with E-state index >= 15 is 0 Å². The van der Waals surface area contributed by atoms with Crippen molar-refractivity contribution >= 4 is 0 Å². The van der Waals surface area contributed by atoms with Gasteiger partial charge in [-0.05, 0) is 58.2 Å². The van der Waals surface area contributed by atoms with E-state index in [4.69, 9.17) is 4.74 Å². The van der Waals surface area contributed by atoms with Crippen LogP contribution >= 0.6 is 0 Å². The van der Waals surface area contributed by atoms with Crippen LogP contribution in [-0.4, -0.2) is 18.7 Å². The van der Waals surface area contributed by atoms with Gasteiger partial charge in [0.15, 0.2) is 0 Å². The lowest BCUT2D eigenvalue weighted by Gasteiger charge is -2.38. The van der Waals surface area contributed by atoms with Crippen molar-refractivity contribution in [3.05, 3.63) is 35.6 Å². The van der Waals surface area contributed by atoms with E-state index in [9.17, 15) is 0 Å². The molecule has 0 aliphatic carbocycles. The number of ether oxygens (including phenoxy) is 1. The maximum Gasteiger partial charge on any atom is 0.122 e. The minimum Gasteiger partial charge on any atom is -0.486 e. The zero-order valence-corrected chi connectivity index (χ0v) is 12.3. The highest BCUT2D eigenvalue weighted by molar-refractivity contribution is 5.26. The smallest absolute Gasteiger partial charge is 0.122 e. The number of hydrogen-bond acceptors (Lipinski definition) is 2. The van der Waals surface area contributed by atoms with Crippen molar-refractivity contribution in [2.75, 3.05) is 13.1 Å². The summed E-state index contributed by atoms with van der Waals surface area (Å²) < 4.78 is 6.29. The Morgan fingerprint density at radius 3 is 2.50 bits per heavy atom. The zero-order chi connectivity index (χ0) is 13.6. The van der Waals surface area contributed by atoms with Crippen LogP contribution < -0.4 is 5.32 Å². The molecule has 102 valence electrons. The number of nitrogens with one attached hydrogen (secondary N) is 1. The van der Waals surface area contributed by atoms with Crippen LogP contribution in [0.15, 0.2) is 35.6 Å². The predicted molar refractivity (Wildman–Crippen MR) is 78.5 cm³/mol. The first-order valence-electron chi connectivity index (χ1n) is 6.90. The van der Waals surface area contributed by atoms with E-state index in [1.807, 2.05) is 13.0 Å². The second kappa shape index (κ2) is 6.79. The van der Waals surface area contributed by atoms with Gasteiger partial charge in [0.05, 0.1) is 0 Å². The summed E-state index contributed by atoms with van der Waals surface area (Å²) in [7, 11) is 0. The Morgan fingerprint density at radius 2 is 2.06 bits per heavy atom. The minimum atomic E-state index is -0.0570. The van der Waals surface area contributed by atoms with Crippen molar-refractivity contribution < 1.29 is 4.74 Å². The molecule has 1 rings (SSSR count). The fraction of sp³-hybridized carbons (Fsp3) is 0.625. The van der Waals surface area contributed by atoms with E-state index in [-0.39, 0.29) is 5.60 Å². The summed E-state index contributed by atoms with van der Waals surface area (Å²) in [4.78, 5) is 0. The topological polar surface area (TPSA) is 21.3 Å². The Morgan fingerprint density at radius 1 is 1.33 bits per heavy atom. The monoisotopic (exact) mass is 249 g/mol. The first-order valence-corrected chi connectivity index (χ1v) is 6.90. The number of hydrogen-bond donors (Lipinski definition) is 1. The third-order valence-electron chi connectivity index (χ3n) is 3.39. The summed E-state index contributed by atoms with van der Waals surface area (Å²) in [5, 5.41) is 3.44. The van der Waals surface area contributed by atoms with E-state index < -0.39 is 0 Å². The molecule has 1 fully saturated rings. The van der Waals surface area contributed by atoms with Crippen molar-refractivity contribution in [2.45, 2.75) is 52.6 Å². The van der Waals surface area contributed by atoms with Gasteiger partial charge in [0, 0.05) is 6.54 Å². The molecule has 2 heteroatoms. The molecule has 1 aliphatic rings. The van der Waals surface area contributed by atoms with Gasteiger partial charge in [-0.3, -0.25) is 0 Å². The summed E-state index contributed by atoms with van der Waals surface area (Å²) in [5.41, 5.74) is 2.20. The molecule has 1 heterocycles. The predicted octanol–water partition coefficient (Wildman–Crippen LogP) is 3.96. The molecule has 0 radical (unpaired) electrons. The van der Waals surface area contributed by atoms with Crippen LogP contribution in [0, 0.1) is 0 Å². The molecule has 0 amide bonds. The van der Waals surface area contributed by atoms with Gasteiger partial charge in [-0.1, -0.05) is 25.2 Å². The second-order valence-electron chi connectivity index (χ2n) is 5.47. The SMILES string of the molecule is C=C(C)C(=CC=C(C)C)OC1(CC)CCCNC1. The molecular formula is C16H27NO. The molecule has 0 bridgehead atoms. The van der Waals surface area contributed by atoms with Crippen LogP contribution in [0.5, 0.6) is 0 Å². The third kappa shape index (κ3) is 4.34. The molecule has 1 saturated heterocycles. The highest BCUT2D eigenvalue weighted by Crippen LogP contribution is 2.29. The zero-order valence-electron chi connectivity index (χ0n) is 12.3. The van der Waals surface area contributed by atoms with Gasteiger partial charge in [0.1, 0.15) is 11.4 Å². The van der Waals surface area contributed by atoms with Crippen LogP contribution in [0.3, 0.4) is 0 Å². The average molecular weight is 249 g/mol. The van der Waals surface area contributed by atoms with Crippen molar-refractivity contribution in [1.29, 1.82) is 0 Å². The number of allylic oxidation sites excluding steroid dienone is 4. The van der Waals surface area contributed by atoms with Gasteiger partial charge in [-0.2, -0.15) is 0 Å². The molecule has 0 aromatic rings. The Labute approximate surface area is 112 Å². The van der Waals surface area contributed by atoms with Gasteiger partial charge >= 0.3 is 0 Å². The summed E-state index contributed by atoms with van der Waals surface area (Å²) in [6.07, 6.45) is 7.46. The highest BCUT2D eigenvalue weighted by atomic mass is 16.5. The summed E-state index contributed by atoms with van der Waals surface area (Å²) in [5.74, 6) is 0.918. The average Bonchev–Trinajstić information content (AvgIpc) is 2.35. The molecule has 1 N–H and O–H groups in total. The van der Waals surface area contributed by atoms with Crippen LogP contribution in [-0.2, 0) is 4.74 Å². The van der Waals surface area contributed by atoms with E-state index in [1.54, 1.807) is 0 Å². The summed E-state index contributed by atoms with van der Waals surface area (Å²) >= 11 is 0. The van der Waals surface area contributed by atoms with Crippen molar-refractivity contribution in [2.24, 2.45) is 0 Å². The van der Waals surface area contributed by atoms with Gasteiger partial charge in [0.2, 0.25) is 0 Å². The first-order chi connectivity index (χ1) is 8.49. The maximum absolute atomic E-state index is 6.29. The van der Waals surface area contributed by atoms with Crippen molar-refractivity contribution in [3.63, 3.8) is 0 Å². The summed E-state index contributed by atoms with van der Waals surface area (Å²) in [6.45, 7) is 14.4. The third-order valence-corrected chi connectivity index (χ3v) is 3.39. The molecule has 18 heavy (non-hydrogen) atoms. The van der Waals surface area contributed by atoms with E-state index in [1.165, 1.54) is 12.0 Å². The van der Waals surface area contributed by atoms with Crippen LogP contribution in [0.1, 0.15) is 47.0 Å². The van der Waals surface area contributed by atoms with Gasteiger partial charge in [0.25, 0.3) is 0 Å². The lowest BCUT2D eigenvalue weighted by molar-refractivity contribution is -0.0168. The fourth-order valence-electron chi connectivity index (χ4n) is 2.14. The largest absolute Gasteiger partial charge is 0.486 e. The van der Waals surface area contributed by atoms with Gasteiger partial charge in [-0.25, -0.2) is 0 Å². The standard InChI is InChI=1S/C16H27NO/c1-6-16(10-7-11-17-12-16)18-15(14(4)5)9-8-13(2)3/h8-9,17H,4,6-7,10-12H2,1-3,5H3. The Hall–Kier alpha value is -1.02. The first kappa shape index (κ1) is 15.0. The van der Waals surface area contributed by atoms with Gasteiger partial charge < -0.3 is 10.1 Å². The Bertz CT molecular complexity index is 342. The second-order valence-corrected chi connectivity index (χ2v) is 5.47. The lowest BCUT2D eigenvalue weighted by atomic mass is 9.91. The molecule has 0 spiro atoms. The van der Waals surface area contributed by atoms with Crippen molar-refractivity contribution in [3.8, 4) is 0 Å². The molecule has 0 aromatic carbocycles. The number of rotatable bonds is 5. The highest BCUT2D eigenvalue weighted by Gasteiger charge is 2.32. The van der Waals surface area contributed by atoms with Crippen LogP contribution in [0.25, 0.3) is 0 Å². The normalized spacial score (nSPS) is 24.6. The molecule has 1 unspecified atom stereocenters. The minimum absolute atomic E-state index is 0.0570. The Balaban J connectivity index is 2.84. The maximum atomic E-state index is 6.29. The summed E-state index contributed by atoms with van der Waals surface area (Å²) in [6, 6.07) is 0. The molecule has 1 atom stereocenters. The molecule has 2 nitrogen and oxygen atoms in total. The quantitative estimate of drug-likeness (QED) is 0.588. The van der Waals surface area contributed by atoms with Crippen molar-refractivity contribution in [1.82, 2.24) is 5.32 Å². The van der Waals surface area contributed by atoms with Crippen LogP contribution in [0.2, 0.25) is 0 Å². The van der Waals surface area contributed by atoms with Crippen LogP contribution in [0.4, 0.5) is 0 Å². The molecule has 0 saturated carbocycles. The van der Waals surface area contributed by atoms with Gasteiger partial charge in [-0.15, -0.1) is 0 Å². The Kier molecular flexibility index (Phi) is 5.67. The molecule has 0 aromatic heterocycles. The number of piperidine rings is 1.